The number of anilines is 1. The molecule has 6 heteroatoms. The van der Waals surface area contributed by atoms with Gasteiger partial charge in [0.1, 0.15) is 16.9 Å². The van der Waals surface area contributed by atoms with E-state index in [9.17, 15) is 9.59 Å². The summed E-state index contributed by atoms with van der Waals surface area (Å²) in [5.41, 5.74) is 2.45. The second-order valence-electron chi connectivity index (χ2n) is 8.02. The van der Waals surface area contributed by atoms with Gasteiger partial charge in [0.2, 0.25) is 0 Å². The van der Waals surface area contributed by atoms with Gasteiger partial charge in [0.15, 0.2) is 0 Å². The maximum atomic E-state index is 12.8. The molecule has 1 saturated carbocycles. The maximum absolute atomic E-state index is 12.8. The Kier molecular flexibility index (Phi) is 6.37. The lowest BCUT2D eigenvalue weighted by Gasteiger charge is -2.26. The number of benzene rings is 2. The molecule has 0 saturated heterocycles. The summed E-state index contributed by atoms with van der Waals surface area (Å²) < 4.78 is 11.0. The fourth-order valence-electron chi connectivity index (χ4n) is 3.84. The van der Waals surface area contributed by atoms with Crippen molar-refractivity contribution >= 4 is 22.6 Å². The van der Waals surface area contributed by atoms with Gasteiger partial charge in [-0.25, -0.2) is 4.79 Å². The summed E-state index contributed by atoms with van der Waals surface area (Å²) in [4.78, 5) is 25.3. The lowest BCUT2D eigenvalue weighted by molar-refractivity contribution is 0.102. The highest BCUT2D eigenvalue weighted by molar-refractivity contribution is 6.05. The van der Waals surface area contributed by atoms with Crippen molar-refractivity contribution in [1.82, 2.24) is 5.32 Å². The Morgan fingerprint density at radius 1 is 1.16 bits per heavy atom. The molecule has 1 aliphatic carbocycles. The number of nitrogens with one attached hydrogen (secondary N) is 2. The average molecular weight is 421 g/mol. The third-order valence-corrected chi connectivity index (χ3v) is 5.84. The number of carbonyl (C=O) groups excluding carboxylic acids is 1. The van der Waals surface area contributed by atoms with Crippen molar-refractivity contribution in [1.29, 1.82) is 0 Å². The van der Waals surface area contributed by atoms with E-state index in [0.717, 1.165) is 30.5 Å². The molecule has 162 valence electrons. The fourth-order valence-corrected chi connectivity index (χ4v) is 3.84. The van der Waals surface area contributed by atoms with Crippen LogP contribution in [-0.4, -0.2) is 19.1 Å². The summed E-state index contributed by atoms with van der Waals surface area (Å²) in [6.07, 6.45) is 5.40. The largest absolute Gasteiger partial charge is 0.496 e. The summed E-state index contributed by atoms with van der Waals surface area (Å²) in [6.45, 7) is 2.86. The minimum absolute atomic E-state index is 0.0177. The molecule has 0 spiro atoms. The van der Waals surface area contributed by atoms with Gasteiger partial charge < -0.3 is 19.8 Å². The van der Waals surface area contributed by atoms with E-state index in [1.165, 1.54) is 19.3 Å². The molecule has 0 atom stereocenters. The van der Waals surface area contributed by atoms with Crippen LogP contribution in [0.5, 0.6) is 5.75 Å². The highest BCUT2D eigenvalue weighted by atomic mass is 16.5. The monoisotopic (exact) mass is 420 g/mol. The van der Waals surface area contributed by atoms with Crippen LogP contribution in [-0.2, 0) is 13.0 Å². The number of hydrogen-bond acceptors (Lipinski definition) is 5. The molecule has 0 unspecified atom stereocenters. The molecule has 0 aliphatic heterocycles. The molecule has 3 aromatic rings. The lowest BCUT2D eigenvalue weighted by Crippen LogP contribution is -2.34. The van der Waals surface area contributed by atoms with Crippen LogP contribution in [0, 0.1) is 0 Å². The predicted molar refractivity (Wildman–Crippen MR) is 122 cm³/mol. The van der Waals surface area contributed by atoms with Gasteiger partial charge in [0, 0.05) is 29.2 Å². The molecule has 0 radical (unpaired) electrons. The van der Waals surface area contributed by atoms with Gasteiger partial charge in [0.05, 0.1) is 7.11 Å². The number of fused-ring (bicyclic) bond motifs is 1. The summed E-state index contributed by atoms with van der Waals surface area (Å²) in [5, 5.41) is 7.01. The molecule has 1 amide bonds. The first-order chi connectivity index (χ1) is 15.1. The SMILES string of the molecule is CCCc1c(OC)ccc2cc(C(=O)Nc3ccc(CNC4CCC4)cc3)c(=O)oc12. The normalized spacial score (nSPS) is 13.7. The maximum Gasteiger partial charge on any atom is 0.349 e. The van der Waals surface area contributed by atoms with Crippen LogP contribution in [0.15, 0.2) is 51.7 Å². The molecule has 2 N–H and O–H groups in total. The van der Waals surface area contributed by atoms with Crippen LogP contribution in [0.25, 0.3) is 11.0 Å². The van der Waals surface area contributed by atoms with Crippen LogP contribution >= 0.6 is 0 Å². The second-order valence-corrected chi connectivity index (χ2v) is 8.02. The molecular formula is C25H28N2O4. The quantitative estimate of drug-likeness (QED) is 0.519. The van der Waals surface area contributed by atoms with Gasteiger partial charge in [-0.1, -0.05) is 31.9 Å². The Morgan fingerprint density at radius 2 is 1.94 bits per heavy atom. The van der Waals surface area contributed by atoms with E-state index in [4.69, 9.17) is 9.15 Å². The number of ether oxygens (including phenoxy) is 1. The Labute approximate surface area is 181 Å². The molecule has 1 fully saturated rings. The molecule has 31 heavy (non-hydrogen) atoms. The number of carbonyl (C=O) groups is 1. The van der Waals surface area contributed by atoms with E-state index in [1.807, 2.05) is 37.3 Å². The van der Waals surface area contributed by atoms with E-state index in [0.29, 0.717) is 28.4 Å². The summed E-state index contributed by atoms with van der Waals surface area (Å²) in [6, 6.07) is 13.5. The number of rotatable bonds is 8. The van der Waals surface area contributed by atoms with Crippen LogP contribution in [0.2, 0.25) is 0 Å². The van der Waals surface area contributed by atoms with Crippen molar-refractivity contribution < 1.29 is 13.9 Å². The van der Waals surface area contributed by atoms with Crippen molar-refractivity contribution in [2.24, 2.45) is 0 Å². The molecule has 1 heterocycles. The standard InChI is InChI=1S/C25H28N2O4/c1-3-5-20-22(30-2)13-10-17-14-21(25(29)31-23(17)20)24(28)27-19-11-8-16(9-12-19)15-26-18-6-4-7-18/h8-14,18,26H,3-7,15H2,1-2H3,(H,27,28). The highest BCUT2D eigenvalue weighted by Crippen LogP contribution is 2.29. The molecule has 1 aromatic heterocycles. The Morgan fingerprint density at radius 3 is 2.58 bits per heavy atom. The highest BCUT2D eigenvalue weighted by Gasteiger charge is 2.18. The number of hydrogen-bond donors (Lipinski definition) is 2. The van der Waals surface area contributed by atoms with Gasteiger partial charge in [-0.15, -0.1) is 0 Å². The zero-order valence-electron chi connectivity index (χ0n) is 18.0. The molecule has 2 aromatic carbocycles. The van der Waals surface area contributed by atoms with Crippen molar-refractivity contribution in [3.63, 3.8) is 0 Å². The molecular weight excluding hydrogens is 392 g/mol. The second kappa shape index (κ2) is 9.35. The van der Waals surface area contributed by atoms with Gasteiger partial charge in [-0.3, -0.25) is 4.79 Å². The van der Waals surface area contributed by atoms with Gasteiger partial charge >= 0.3 is 5.63 Å². The third-order valence-electron chi connectivity index (χ3n) is 5.84. The Hall–Kier alpha value is -3.12. The summed E-state index contributed by atoms with van der Waals surface area (Å²) in [7, 11) is 1.59. The van der Waals surface area contributed by atoms with E-state index >= 15 is 0 Å². The summed E-state index contributed by atoms with van der Waals surface area (Å²) in [5.74, 6) is 0.199. The molecule has 4 rings (SSSR count). The van der Waals surface area contributed by atoms with E-state index < -0.39 is 11.5 Å². The number of amides is 1. The van der Waals surface area contributed by atoms with E-state index in [2.05, 4.69) is 10.6 Å². The minimum Gasteiger partial charge on any atom is -0.496 e. The summed E-state index contributed by atoms with van der Waals surface area (Å²) >= 11 is 0. The van der Waals surface area contributed by atoms with Gasteiger partial charge in [0.25, 0.3) is 5.91 Å². The minimum atomic E-state index is -0.656. The zero-order chi connectivity index (χ0) is 21.8. The molecule has 6 nitrogen and oxygen atoms in total. The smallest absolute Gasteiger partial charge is 0.349 e. The Bertz CT molecular complexity index is 1130. The first-order valence-electron chi connectivity index (χ1n) is 10.9. The Balaban J connectivity index is 1.52. The average Bonchev–Trinajstić information content (AvgIpc) is 2.74. The van der Waals surface area contributed by atoms with Crippen molar-refractivity contribution in [2.45, 2.75) is 51.6 Å². The van der Waals surface area contributed by atoms with Crippen LogP contribution < -0.4 is 21.0 Å². The first-order valence-corrected chi connectivity index (χ1v) is 10.9. The van der Waals surface area contributed by atoms with Crippen molar-refractivity contribution in [3.05, 3.63) is 69.6 Å². The van der Waals surface area contributed by atoms with E-state index in [1.54, 1.807) is 19.2 Å². The van der Waals surface area contributed by atoms with Crippen LogP contribution in [0.3, 0.4) is 0 Å². The topological polar surface area (TPSA) is 80.6 Å². The lowest BCUT2D eigenvalue weighted by atomic mass is 9.93. The van der Waals surface area contributed by atoms with E-state index in [-0.39, 0.29) is 5.56 Å². The predicted octanol–water partition coefficient (Wildman–Crippen LogP) is 4.65. The number of aryl methyl sites for hydroxylation is 1. The fraction of sp³-hybridized carbons (Fsp3) is 0.360. The van der Waals surface area contributed by atoms with Gasteiger partial charge in [-0.05, 0) is 55.2 Å². The third kappa shape index (κ3) is 4.64. The number of methoxy groups -OCH3 is 1. The van der Waals surface area contributed by atoms with Crippen molar-refractivity contribution in [3.8, 4) is 5.75 Å². The van der Waals surface area contributed by atoms with Gasteiger partial charge in [-0.2, -0.15) is 0 Å². The molecule has 0 bridgehead atoms. The first kappa shape index (κ1) is 21.1. The van der Waals surface area contributed by atoms with Crippen molar-refractivity contribution in [2.75, 3.05) is 12.4 Å². The molecule has 1 aliphatic rings. The van der Waals surface area contributed by atoms with Crippen LogP contribution in [0.1, 0.15) is 54.1 Å². The zero-order valence-corrected chi connectivity index (χ0v) is 18.0. The van der Waals surface area contributed by atoms with Crippen LogP contribution in [0.4, 0.5) is 5.69 Å².